The van der Waals surface area contributed by atoms with Crippen LogP contribution in [0.15, 0.2) is 0 Å². The third kappa shape index (κ3) is 4.90. The molecule has 4 aliphatic rings. The van der Waals surface area contributed by atoms with E-state index in [1.54, 1.807) is 0 Å². The van der Waals surface area contributed by atoms with E-state index >= 15 is 0 Å². The van der Waals surface area contributed by atoms with Gasteiger partial charge in [-0.2, -0.15) is 0 Å². The Kier molecular flexibility index (Phi) is 6.89. The number of hydrogen-bond acceptors (Lipinski definition) is 4. The van der Waals surface area contributed by atoms with Gasteiger partial charge in [0.25, 0.3) is 0 Å². The zero-order valence-electron chi connectivity index (χ0n) is 22.2. The van der Waals surface area contributed by atoms with Crippen molar-refractivity contribution in [2.75, 3.05) is 18.6 Å². The van der Waals surface area contributed by atoms with Crippen molar-refractivity contribution in [3.05, 3.63) is 0 Å². The molecule has 4 aliphatic carbocycles. The molecule has 33 heavy (non-hydrogen) atoms. The largest absolute Gasteiger partial charge is 0.393 e. The average molecular weight is 483 g/mol. The van der Waals surface area contributed by atoms with Crippen LogP contribution in [0.25, 0.3) is 0 Å². The highest BCUT2D eigenvalue weighted by Gasteiger charge is 2.62. The fourth-order valence-corrected chi connectivity index (χ4v) is 9.32. The maximum absolute atomic E-state index is 12.3. The summed E-state index contributed by atoms with van der Waals surface area (Å²) in [6, 6.07) is 0. The smallest absolute Gasteiger partial charge is 0.220 e. The van der Waals surface area contributed by atoms with E-state index in [0.29, 0.717) is 30.1 Å². The SMILES string of the molecule is [2H][C@]12C3CCC(C(C)CCC(=O)NCCS(C)(=O)=O)[C@@]3(C)CC[C@@H]1[C@@]1(C)CCCC[C@H]1C[C@H]2O. The molecule has 0 saturated heterocycles. The quantitative estimate of drug-likeness (QED) is 0.556. The second-order valence-electron chi connectivity index (χ2n) is 12.5. The van der Waals surface area contributed by atoms with Crippen LogP contribution in [-0.4, -0.2) is 44.1 Å². The first-order chi connectivity index (χ1) is 15.8. The van der Waals surface area contributed by atoms with Gasteiger partial charge in [0.15, 0.2) is 0 Å². The highest BCUT2D eigenvalue weighted by atomic mass is 32.2. The molecule has 4 rings (SSSR count). The molecule has 4 saturated carbocycles. The fraction of sp³-hybridized carbons (Fsp3) is 0.963. The molecule has 0 aromatic rings. The Bertz CT molecular complexity index is 880. The maximum atomic E-state index is 12.3. The van der Waals surface area contributed by atoms with Crippen molar-refractivity contribution in [3.8, 4) is 0 Å². The molecule has 190 valence electrons. The van der Waals surface area contributed by atoms with Crippen LogP contribution in [0.4, 0.5) is 0 Å². The van der Waals surface area contributed by atoms with E-state index in [2.05, 4.69) is 26.1 Å². The number of amides is 1. The molecule has 0 heterocycles. The lowest BCUT2D eigenvalue weighted by atomic mass is 9.44. The lowest BCUT2D eigenvalue weighted by molar-refractivity contribution is -0.164. The van der Waals surface area contributed by atoms with E-state index in [-0.39, 0.29) is 35.0 Å². The molecule has 1 amide bonds. The number of carbonyl (C=O) groups excluding carboxylic acids is 1. The van der Waals surface area contributed by atoms with Crippen LogP contribution in [-0.2, 0) is 14.6 Å². The zero-order chi connectivity index (χ0) is 24.9. The minimum absolute atomic E-state index is 0.0223. The minimum Gasteiger partial charge on any atom is -0.393 e. The summed E-state index contributed by atoms with van der Waals surface area (Å²) in [6.45, 7) is 7.25. The van der Waals surface area contributed by atoms with E-state index in [9.17, 15) is 19.7 Å². The van der Waals surface area contributed by atoms with Crippen LogP contribution in [0, 0.1) is 46.3 Å². The summed E-state index contributed by atoms with van der Waals surface area (Å²) >= 11 is 0. The second kappa shape index (κ2) is 9.44. The van der Waals surface area contributed by atoms with Gasteiger partial charge in [0.05, 0.1) is 11.9 Å². The van der Waals surface area contributed by atoms with Gasteiger partial charge in [-0.1, -0.05) is 33.6 Å². The Morgan fingerprint density at radius 3 is 2.58 bits per heavy atom. The molecule has 0 aromatic carbocycles. The normalized spacial score (nSPS) is 46.5. The minimum atomic E-state index is -3.07. The van der Waals surface area contributed by atoms with Gasteiger partial charge < -0.3 is 10.4 Å². The summed E-state index contributed by atoms with van der Waals surface area (Å²) in [4.78, 5) is 12.3. The van der Waals surface area contributed by atoms with Gasteiger partial charge in [-0.3, -0.25) is 4.79 Å². The molecule has 0 spiro atoms. The number of aliphatic hydroxyl groups excluding tert-OH is 1. The average Bonchev–Trinajstić information content (AvgIpc) is 3.10. The monoisotopic (exact) mass is 482 g/mol. The highest BCUT2D eigenvalue weighted by molar-refractivity contribution is 7.90. The molecule has 0 radical (unpaired) electrons. The van der Waals surface area contributed by atoms with Crippen molar-refractivity contribution in [2.45, 2.75) is 97.5 Å². The lowest BCUT2D eigenvalue weighted by Gasteiger charge is -2.62. The predicted molar refractivity (Wildman–Crippen MR) is 132 cm³/mol. The van der Waals surface area contributed by atoms with Crippen molar-refractivity contribution in [1.29, 1.82) is 0 Å². The fourth-order valence-electron chi connectivity index (χ4n) is 8.85. The van der Waals surface area contributed by atoms with Crippen molar-refractivity contribution < 1.29 is 19.7 Å². The molecule has 0 bridgehead atoms. The Morgan fingerprint density at radius 2 is 1.85 bits per heavy atom. The van der Waals surface area contributed by atoms with Crippen LogP contribution < -0.4 is 5.32 Å². The van der Waals surface area contributed by atoms with Crippen LogP contribution in [0.5, 0.6) is 0 Å². The molecule has 0 aliphatic heterocycles. The van der Waals surface area contributed by atoms with Crippen LogP contribution >= 0.6 is 0 Å². The predicted octanol–water partition coefficient (Wildman–Crippen LogP) is 4.58. The van der Waals surface area contributed by atoms with Crippen molar-refractivity contribution in [3.63, 3.8) is 0 Å². The molecule has 5 nitrogen and oxygen atoms in total. The Hall–Kier alpha value is -0.620. The molecule has 9 atom stereocenters. The van der Waals surface area contributed by atoms with E-state index < -0.39 is 21.8 Å². The number of aliphatic hydroxyl groups is 1. The summed E-state index contributed by atoms with van der Waals surface area (Å²) < 4.78 is 32.4. The van der Waals surface area contributed by atoms with Gasteiger partial charge in [0.2, 0.25) is 5.91 Å². The Morgan fingerprint density at radius 1 is 1.12 bits per heavy atom. The van der Waals surface area contributed by atoms with Gasteiger partial charge in [-0.15, -0.1) is 0 Å². The second-order valence-corrected chi connectivity index (χ2v) is 14.8. The summed E-state index contributed by atoms with van der Waals surface area (Å²) in [7, 11) is -3.07. The molecular formula is C27H47NO4S. The Balaban J connectivity index is 1.43. The molecule has 0 aromatic heterocycles. The molecule has 2 N–H and O–H groups in total. The maximum Gasteiger partial charge on any atom is 0.220 e. The standard InChI is InChI=1S/C27H47NO4S/c1-18(8-11-24(30)28-15-16-33(4,31)32)20-9-10-21-25-22(12-14-27(20,21)3)26(2)13-6-5-7-19(26)17-23(25)29/h18-23,25,29H,5-17H2,1-4H3,(H,28,30)/t18?,19-,20?,21?,22-,23+,25-,26-,27+/m0/s1/i25D. The van der Waals surface area contributed by atoms with Crippen LogP contribution in [0.3, 0.4) is 0 Å². The molecule has 4 fully saturated rings. The van der Waals surface area contributed by atoms with Crippen molar-refractivity contribution in [1.82, 2.24) is 5.32 Å². The number of carbonyl (C=O) groups is 1. The third-order valence-electron chi connectivity index (χ3n) is 10.6. The van der Waals surface area contributed by atoms with Gasteiger partial charge in [0.1, 0.15) is 9.84 Å². The van der Waals surface area contributed by atoms with Gasteiger partial charge >= 0.3 is 0 Å². The topological polar surface area (TPSA) is 83.5 Å². The Labute approximate surface area is 203 Å². The molecular weight excluding hydrogens is 434 g/mol. The molecule has 6 heteroatoms. The highest BCUT2D eigenvalue weighted by Crippen LogP contribution is 2.68. The van der Waals surface area contributed by atoms with Crippen LogP contribution in [0.2, 0.25) is 0 Å². The number of nitrogens with one attached hydrogen (secondary N) is 1. The molecule has 3 unspecified atom stereocenters. The summed E-state index contributed by atoms with van der Waals surface area (Å²) in [6.07, 6.45) is 11.9. The van der Waals surface area contributed by atoms with E-state index in [4.69, 9.17) is 0 Å². The summed E-state index contributed by atoms with van der Waals surface area (Å²) in [5.74, 6) is 1.09. The first-order valence-electron chi connectivity index (χ1n) is 13.9. The first kappa shape index (κ1) is 24.1. The van der Waals surface area contributed by atoms with E-state index in [1.807, 2.05) is 0 Å². The first-order valence-corrected chi connectivity index (χ1v) is 15.5. The summed E-state index contributed by atoms with van der Waals surface area (Å²) in [5, 5.41) is 14.2. The van der Waals surface area contributed by atoms with Crippen molar-refractivity contribution >= 4 is 15.7 Å². The van der Waals surface area contributed by atoms with Gasteiger partial charge in [-0.05, 0) is 97.7 Å². The summed E-state index contributed by atoms with van der Waals surface area (Å²) in [5.41, 5.74) is 0.248. The van der Waals surface area contributed by atoms with Gasteiger partial charge in [0, 0.05) is 20.6 Å². The van der Waals surface area contributed by atoms with E-state index in [0.717, 1.165) is 38.5 Å². The zero-order valence-corrected chi connectivity index (χ0v) is 22.1. The third-order valence-corrected chi connectivity index (χ3v) is 11.6. The number of sulfone groups is 1. The van der Waals surface area contributed by atoms with Gasteiger partial charge in [-0.25, -0.2) is 8.42 Å². The lowest BCUT2D eigenvalue weighted by Crippen LogP contribution is -2.57. The van der Waals surface area contributed by atoms with Crippen molar-refractivity contribution in [2.24, 2.45) is 46.3 Å². The van der Waals surface area contributed by atoms with Crippen LogP contribution in [0.1, 0.15) is 92.8 Å². The number of fused-ring (bicyclic) bond motifs is 5. The number of rotatable bonds is 7. The van der Waals surface area contributed by atoms with E-state index in [1.165, 1.54) is 31.9 Å². The number of hydrogen-bond donors (Lipinski definition) is 2.